The molecule has 6 aliphatic carbocycles. The summed E-state index contributed by atoms with van der Waals surface area (Å²) in [7, 11) is 0. The van der Waals surface area contributed by atoms with E-state index in [1.165, 1.54) is 19.3 Å². The van der Waals surface area contributed by atoms with Crippen LogP contribution in [0.5, 0.6) is 0 Å². The van der Waals surface area contributed by atoms with Gasteiger partial charge < -0.3 is 19.5 Å². The molecule has 7 aliphatic rings. The van der Waals surface area contributed by atoms with Crippen molar-refractivity contribution >= 4 is 11.9 Å². The van der Waals surface area contributed by atoms with Crippen LogP contribution in [0.4, 0.5) is 0 Å². The SMILES string of the molecule is CC(=O)N(CC1C[C@@H](C)[C@H]2C(O1)[C@H](O)[C@@]1(C)C3CC[C@H]4C(C)(C)[C@@H](OC(=O)c5cccnc5)CCC45C[C@@]35CC[C@]21C)C1CCC1. The maximum Gasteiger partial charge on any atom is 0.339 e. The van der Waals surface area contributed by atoms with E-state index in [0.717, 1.165) is 51.4 Å². The van der Waals surface area contributed by atoms with Gasteiger partial charge >= 0.3 is 5.97 Å². The monoisotopic (exact) mass is 632 g/mol. The zero-order valence-corrected chi connectivity index (χ0v) is 29.0. The van der Waals surface area contributed by atoms with E-state index >= 15 is 0 Å². The summed E-state index contributed by atoms with van der Waals surface area (Å²) in [5.74, 6) is 1.66. The smallest absolute Gasteiger partial charge is 0.339 e. The molecule has 7 heteroatoms. The Balaban J connectivity index is 1.04. The Morgan fingerprint density at radius 1 is 1.04 bits per heavy atom. The number of esters is 1. The molecular weight excluding hydrogens is 576 g/mol. The molecule has 4 unspecified atom stereocenters. The second kappa shape index (κ2) is 10.3. The normalized spacial score (nSPS) is 48.4. The van der Waals surface area contributed by atoms with Crippen molar-refractivity contribution in [2.45, 2.75) is 143 Å². The topological polar surface area (TPSA) is 89.0 Å². The number of hydrogen-bond donors (Lipinski definition) is 1. The number of amides is 1. The molecule has 1 N–H and O–H groups in total. The van der Waals surface area contributed by atoms with Crippen molar-refractivity contribution in [3.8, 4) is 0 Å². The van der Waals surface area contributed by atoms with Gasteiger partial charge in [-0.25, -0.2) is 4.79 Å². The van der Waals surface area contributed by atoms with Gasteiger partial charge in [0.25, 0.3) is 0 Å². The average Bonchev–Trinajstić information content (AvgIpc) is 3.62. The summed E-state index contributed by atoms with van der Waals surface area (Å²) in [6, 6.07) is 3.94. The Bertz CT molecular complexity index is 1400. The molecule has 1 aliphatic heterocycles. The van der Waals surface area contributed by atoms with Crippen molar-refractivity contribution in [2.75, 3.05) is 6.54 Å². The quantitative estimate of drug-likeness (QED) is 0.359. The number of carbonyl (C=O) groups excluding carboxylic acids is 2. The minimum absolute atomic E-state index is 0.00910. The highest BCUT2D eigenvalue weighted by Crippen LogP contribution is 2.89. The van der Waals surface area contributed by atoms with E-state index in [1.54, 1.807) is 31.5 Å². The maximum atomic E-state index is 13.1. The lowest BCUT2D eigenvalue weighted by molar-refractivity contribution is -0.183. The van der Waals surface area contributed by atoms with Crippen LogP contribution in [0.25, 0.3) is 0 Å². The summed E-state index contributed by atoms with van der Waals surface area (Å²) < 4.78 is 13.2. The van der Waals surface area contributed by atoms with Crippen molar-refractivity contribution in [3.05, 3.63) is 30.1 Å². The maximum absolute atomic E-state index is 13.1. The van der Waals surface area contributed by atoms with Gasteiger partial charge in [0.2, 0.25) is 5.91 Å². The van der Waals surface area contributed by atoms with Crippen molar-refractivity contribution in [1.29, 1.82) is 0 Å². The number of aliphatic hydroxyl groups excluding tert-OH is 1. The highest BCUT2D eigenvalue weighted by Gasteiger charge is 2.84. The van der Waals surface area contributed by atoms with Crippen LogP contribution in [0, 0.1) is 50.7 Å². The number of ether oxygens (including phenoxy) is 2. The Morgan fingerprint density at radius 3 is 2.46 bits per heavy atom. The van der Waals surface area contributed by atoms with Gasteiger partial charge in [-0.1, -0.05) is 34.6 Å². The van der Waals surface area contributed by atoms with Crippen LogP contribution in [-0.2, 0) is 14.3 Å². The van der Waals surface area contributed by atoms with Gasteiger partial charge in [0, 0.05) is 42.7 Å². The summed E-state index contributed by atoms with van der Waals surface area (Å²) in [6.45, 7) is 14.4. The number of carbonyl (C=O) groups is 2. The molecule has 1 aromatic heterocycles. The average molecular weight is 633 g/mol. The second-order valence-corrected chi connectivity index (χ2v) is 18.0. The summed E-state index contributed by atoms with van der Waals surface area (Å²) in [5, 5.41) is 12.5. The van der Waals surface area contributed by atoms with Gasteiger partial charge in [-0.2, -0.15) is 0 Å². The molecule has 1 aromatic rings. The number of nitrogens with zero attached hydrogens (tertiary/aromatic N) is 2. The highest BCUT2D eigenvalue weighted by atomic mass is 16.5. The van der Waals surface area contributed by atoms with E-state index in [0.29, 0.717) is 41.8 Å². The molecule has 7 nitrogen and oxygen atoms in total. The van der Waals surface area contributed by atoms with Crippen LogP contribution >= 0.6 is 0 Å². The molecule has 12 atom stereocenters. The summed E-state index contributed by atoms with van der Waals surface area (Å²) in [6.07, 6.45) is 14.8. The van der Waals surface area contributed by atoms with E-state index in [-0.39, 0.29) is 57.3 Å². The third-order valence-electron chi connectivity index (χ3n) is 16.3. The molecule has 6 saturated carbocycles. The van der Waals surface area contributed by atoms with Crippen LogP contribution in [0.1, 0.15) is 123 Å². The lowest BCUT2D eigenvalue weighted by atomic mass is 9.41. The first-order valence-corrected chi connectivity index (χ1v) is 18.5. The number of aromatic nitrogens is 1. The molecule has 252 valence electrons. The first-order chi connectivity index (χ1) is 21.8. The fraction of sp³-hybridized carbons (Fsp3) is 0.821. The third kappa shape index (κ3) is 3.93. The molecule has 0 aromatic carbocycles. The third-order valence-corrected chi connectivity index (χ3v) is 16.3. The minimum atomic E-state index is -0.497. The number of aliphatic hydroxyl groups is 1. The lowest BCUT2D eigenvalue weighted by Crippen LogP contribution is -2.60. The van der Waals surface area contributed by atoms with Crippen LogP contribution in [0.3, 0.4) is 0 Å². The first-order valence-electron chi connectivity index (χ1n) is 18.5. The molecular formula is C39H56N2O5. The molecule has 8 rings (SSSR count). The molecule has 2 spiro atoms. The highest BCUT2D eigenvalue weighted by molar-refractivity contribution is 5.89. The van der Waals surface area contributed by atoms with Crippen LogP contribution in [0.2, 0.25) is 0 Å². The van der Waals surface area contributed by atoms with Gasteiger partial charge in [-0.3, -0.25) is 9.78 Å². The molecule has 0 bridgehead atoms. The standard InChI is InChI=1S/C39H56N2O5/c1-23-19-27(21-41(24(2)42)26-10-7-11-26)45-32-31(23)36(5)16-17-39-22-38(39)15-14-30(46-34(44)25-9-8-18-40-20-25)35(3,4)28(38)12-13-29(39)37(36,6)33(32)43/h8-9,18,20,23,26-33,43H,7,10-17,19,21-22H2,1-6H3/t23-,27?,28+,29?,30+,31+,32?,33+,36-,37-,38?,39+/m1/s1. The Hall–Kier alpha value is -1.99. The van der Waals surface area contributed by atoms with Crippen LogP contribution in [0.15, 0.2) is 24.5 Å². The molecule has 7 fully saturated rings. The predicted octanol–water partition coefficient (Wildman–Crippen LogP) is 6.82. The van der Waals surface area contributed by atoms with Gasteiger partial charge in [0.15, 0.2) is 0 Å². The zero-order chi connectivity index (χ0) is 32.4. The van der Waals surface area contributed by atoms with E-state index in [1.807, 2.05) is 0 Å². The Labute approximate surface area is 275 Å². The first kappa shape index (κ1) is 31.3. The number of hydrogen-bond acceptors (Lipinski definition) is 6. The van der Waals surface area contributed by atoms with Gasteiger partial charge in [-0.05, 0) is 123 Å². The summed E-state index contributed by atoms with van der Waals surface area (Å²) in [4.78, 5) is 31.9. The number of rotatable bonds is 5. The van der Waals surface area contributed by atoms with Crippen molar-refractivity contribution < 1.29 is 24.2 Å². The lowest BCUT2D eigenvalue weighted by Gasteiger charge is -2.63. The van der Waals surface area contributed by atoms with Gasteiger partial charge in [0.05, 0.1) is 23.9 Å². The number of pyridine rings is 1. The second-order valence-electron chi connectivity index (χ2n) is 18.0. The zero-order valence-electron chi connectivity index (χ0n) is 29.0. The van der Waals surface area contributed by atoms with Crippen molar-refractivity contribution in [2.24, 2.45) is 50.7 Å². The molecule has 1 amide bonds. The fourth-order valence-electron chi connectivity index (χ4n) is 13.8. The van der Waals surface area contributed by atoms with E-state index in [9.17, 15) is 14.7 Å². The Kier molecular flexibility index (Phi) is 6.98. The largest absolute Gasteiger partial charge is 0.458 e. The molecule has 1 saturated heterocycles. The predicted molar refractivity (Wildman–Crippen MR) is 175 cm³/mol. The van der Waals surface area contributed by atoms with E-state index in [4.69, 9.17) is 9.47 Å². The van der Waals surface area contributed by atoms with Crippen molar-refractivity contribution in [3.63, 3.8) is 0 Å². The molecule has 46 heavy (non-hydrogen) atoms. The number of fused-ring (bicyclic) bond motifs is 4. The fourth-order valence-corrected chi connectivity index (χ4v) is 13.8. The van der Waals surface area contributed by atoms with Gasteiger partial charge in [0.1, 0.15) is 6.10 Å². The van der Waals surface area contributed by atoms with E-state index in [2.05, 4.69) is 44.5 Å². The summed E-state index contributed by atoms with van der Waals surface area (Å²) in [5.41, 5.74) is 0.759. The van der Waals surface area contributed by atoms with Crippen LogP contribution in [-0.4, -0.2) is 63.9 Å². The molecule has 2 heterocycles. The minimum Gasteiger partial charge on any atom is -0.458 e. The van der Waals surface area contributed by atoms with E-state index < -0.39 is 6.10 Å². The van der Waals surface area contributed by atoms with Crippen LogP contribution < -0.4 is 0 Å². The van der Waals surface area contributed by atoms with Crippen molar-refractivity contribution in [1.82, 2.24) is 9.88 Å². The summed E-state index contributed by atoms with van der Waals surface area (Å²) >= 11 is 0. The van der Waals surface area contributed by atoms with Gasteiger partial charge in [-0.15, -0.1) is 0 Å². The Morgan fingerprint density at radius 2 is 1.78 bits per heavy atom. The molecule has 0 radical (unpaired) electrons.